The van der Waals surface area contributed by atoms with Gasteiger partial charge in [-0.2, -0.15) is 4.98 Å². The van der Waals surface area contributed by atoms with Crippen molar-refractivity contribution in [2.75, 3.05) is 18.0 Å². The lowest BCUT2D eigenvalue weighted by Crippen LogP contribution is -2.44. The van der Waals surface area contributed by atoms with Gasteiger partial charge in [0.2, 0.25) is 5.95 Å². The zero-order valence-electron chi connectivity index (χ0n) is 22.3. The van der Waals surface area contributed by atoms with Crippen molar-refractivity contribution < 1.29 is 0 Å². The number of aromatic nitrogens is 6. The molecule has 7 rings (SSSR count). The highest BCUT2D eigenvalue weighted by atomic mass is 16.2. The Hall–Kier alpha value is -3.79. The zero-order valence-corrected chi connectivity index (χ0v) is 22.3. The zero-order chi connectivity index (χ0) is 26.7. The Morgan fingerprint density at radius 3 is 2.62 bits per heavy atom. The Balaban J connectivity index is 1.41. The minimum Gasteiger partial charge on any atom is -0.341 e. The Morgan fingerprint density at radius 2 is 1.85 bits per heavy atom. The molecule has 3 aromatic heterocycles. The molecule has 0 radical (unpaired) electrons. The fraction of sp³-hybridized carbons (Fsp3) is 0.483. The Bertz CT molecular complexity index is 1740. The van der Waals surface area contributed by atoms with Gasteiger partial charge in [-0.1, -0.05) is 29.8 Å². The molecule has 4 heterocycles. The predicted molar refractivity (Wildman–Crippen MR) is 151 cm³/mol. The van der Waals surface area contributed by atoms with E-state index in [1.165, 1.54) is 14.7 Å². The highest BCUT2D eigenvalue weighted by Crippen LogP contribution is 2.38. The van der Waals surface area contributed by atoms with Crippen molar-refractivity contribution in [2.45, 2.75) is 70.0 Å². The molecule has 3 aliphatic rings. The molecule has 10 nitrogen and oxygen atoms in total. The molecule has 202 valence electrons. The van der Waals surface area contributed by atoms with Gasteiger partial charge in [0.1, 0.15) is 5.82 Å². The molecule has 10 heteroatoms. The van der Waals surface area contributed by atoms with E-state index in [0.29, 0.717) is 35.9 Å². The van der Waals surface area contributed by atoms with Gasteiger partial charge in [0.25, 0.3) is 5.56 Å². The summed E-state index contributed by atoms with van der Waals surface area (Å²) in [5, 5.41) is 0.864. The molecule has 1 saturated heterocycles. The number of imidazole rings is 1. The molecular weight excluding hydrogens is 492 g/mol. The summed E-state index contributed by atoms with van der Waals surface area (Å²) in [6.07, 6.45) is 9.55. The van der Waals surface area contributed by atoms with Crippen LogP contribution in [0.25, 0.3) is 22.1 Å². The Morgan fingerprint density at radius 1 is 1.00 bits per heavy atom. The topological polar surface area (TPSA) is 117 Å². The molecule has 1 aromatic carbocycles. The number of hydrogen-bond acceptors (Lipinski definition) is 7. The maximum Gasteiger partial charge on any atom is 0.332 e. The van der Waals surface area contributed by atoms with Gasteiger partial charge in [-0.25, -0.2) is 14.8 Å². The van der Waals surface area contributed by atoms with Gasteiger partial charge in [0.15, 0.2) is 11.2 Å². The van der Waals surface area contributed by atoms with Gasteiger partial charge < -0.3 is 15.2 Å². The SMILES string of the molecule is Cn1c(=O)n(Cc2nc(C3CC3)nc3ccccc23)c(=O)c2c1nc(N1CCCC(N)C1)n2CC1=CCCC1. The molecular formula is C29H34N8O2. The standard InChI is InChI=1S/C29H34N8O2/c1-34-26-24(36(15-18-7-2-3-8-18)28(33-26)35-14-6-9-20(30)16-35)27(38)37(29(34)39)17-23-21-10-4-5-11-22(21)31-25(32-23)19-12-13-19/h4-5,7,10-11,19-20H,2-3,6,8-9,12-17,30H2,1H3. The highest BCUT2D eigenvalue weighted by Gasteiger charge is 2.29. The average Bonchev–Trinajstić information content (AvgIpc) is 3.54. The van der Waals surface area contributed by atoms with Crippen molar-refractivity contribution in [3.05, 3.63) is 68.3 Å². The number of nitrogens with two attached hydrogens (primary N) is 1. The van der Waals surface area contributed by atoms with Crippen molar-refractivity contribution >= 4 is 28.0 Å². The number of aryl methyl sites for hydroxylation is 1. The number of rotatable bonds is 6. The van der Waals surface area contributed by atoms with Gasteiger partial charge in [-0.3, -0.25) is 13.9 Å². The molecule has 2 N–H and O–H groups in total. The normalized spacial score (nSPS) is 19.8. The van der Waals surface area contributed by atoms with Gasteiger partial charge >= 0.3 is 5.69 Å². The van der Waals surface area contributed by atoms with Crippen LogP contribution in [0.15, 0.2) is 45.5 Å². The molecule has 1 unspecified atom stereocenters. The molecule has 39 heavy (non-hydrogen) atoms. The van der Waals surface area contributed by atoms with Crippen LogP contribution in [0.2, 0.25) is 0 Å². The summed E-state index contributed by atoms with van der Waals surface area (Å²) in [6.45, 7) is 2.19. The van der Waals surface area contributed by atoms with Crippen LogP contribution in [0, 0.1) is 0 Å². The van der Waals surface area contributed by atoms with E-state index in [-0.39, 0.29) is 18.1 Å². The molecule has 2 aliphatic carbocycles. The Kier molecular flexibility index (Phi) is 5.88. The smallest absolute Gasteiger partial charge is 0.332 e. The predicted octanol–water partition coefficient (Wildman–Crippen LogP) is 2.80. The van der Waals surface area contributed by atoms with Crippen LogP contribution >= 0.6 is 0 Å². The minimum absolute atomic E-state index is 0.0601. The first-order chi connectivity index (χ1) is 19.0. The van der Waals surface area contributed by atoms with Crippen LogP contribution in [0.3, 0.4) is 0 Å². The number of benzene rings is 1. The largest absolute Gasteiger partial charge is 0.341 e. The van der Waals surface area contributed by atoms with Gasteiger partial charge in [-0.15, -0.1) is 0 Å². The number of para-hydroxylation sites is 1. The third-order valence-electron chi connectivity index (χ3n) is 8.40. The van der Waals surface area contributed by atoms with E-state index in [2.05, 4.69) is 11.0 Å². The van der Waals surface area contributed by atoms with Crippen LogP contribution < -0.4 is 21.9 Å². The first kappa shape index (κ1) is 24.3. The second-order valence-electron chi connectivity index (χ2n) is 11.3. The average molecular weight is 527 g/mol. The fourth-order valence-electron chi connectivity index (χ4n) is 6.12. The van der Waals surface area contributed by atoms with Gasteiger partial charge in [0.05, 0.1) is 17.8 Å². The minimum atomic E-state index is -0.394. The van der Waals surface area contributed by atoms with Crippen molar-refractivity contribution in [3.8, 4) is 0 Å². The summed E-state index contributed by atoms with van der Waals surface area (Å²) in [5.74, 6) is 1.88. The number of hydrogen-bond donors (Lipinski definition) is 1. The van der Waals surface area contributed by atoms with Crippen LogP contribution in [0.1, 0.15) is 62.4 Å². The van der Waals surface area contributed by atoms with E-state index in [9.17, 15) is 9.59 Å². The van der Waals surface area contributed by atoms with Gasteiger partial charge in [0, 0.05) is 44.0 Å². The molecule has 0 bridgehead atoms. The lowest BCUT2D eigenvalue weighted by molar-refractivity contribution is 0.495. The summed E-state index contributed by atoms with van der Waals surface area (Å²) >= 11 is 0. The van der Waals surface area contributed by atoms with E-state index in [1.54, 1.807) is 7.05 Å². The lowest BCUT2D eigenvalue weighted by atomic mass is 10.1. The molecule has 1 saturated carbocycles. The first-order valence-corrected chi connectivity index (χ1v) is 14.1. The molecule has 2 fully saturated rings. The number of piperidine rings is 1. The third kappa shape index (κ3) is 4.27. The van der Waals surface area contributed by atoms with Crippen molar-refractivity contribution in [1.82, 2.24) is 28.7 Å². The molecule has 1 aliphatic heterocycles. The van der Waals surface area contributed by atoms with Gasteiger partial charge in [-0.05, 0) is 51.0 Å². The summed E-state index contributed by atoms with van der Waals surface area (Å²) in [7, 11) is 1.70. The van der Waals surface area contributed by atoms with Crippen molar-refractivity contribution in [3.63, 3.8) is 0 Å². The number of anilines is 1. The van der Waals surface area contributed by atoms with E-state index in [4.69, 9.17) is 20.7 Å². The second kappa shape index (κ2) is 9.44. The Labute approximate surface area is 225 Å². The number of allylic oxidation sites excluding steroid dienone is 2. The van der Waals surface area contributed by atoms with Crippen LogP contribution in [0.5, 0.6) is 0 Å². The maximum absolute atomic E-state index is 14.2. The highest BCUT2D eigenvalue weighted by molar-refractivity contribution is 5.81. The summed E-state index contributed by atoms with van der Waals surface area (Å²) in [6, 6.07) is 7.89. The number of fused-ring (bicyclic) bond motifs is 2. The van der Waals surface area contributed by atoms with E-state index >= 15 is 0 Å². The summed E-state index contributed by atoms with van der Waals surface area (Å²) in [4.78, 5) is 44.6. The van der Waals surface area contributed by atoms with Crippen LogP contribution in [-0.2, 0) is 20.1 Å². The monoisotopic (exact) mass is 526 g/mol. The number of nitrogens with zero attached hydrogens (tertiary/aromatic N) is 7. The van der Waals surface area contributed by atoms with Crippen LogP contribution in [0.4, 0.5) is 5.95 Å². The van der Waals surface area contributed by atoms with Crippen molar-refractivity contribution in [1.29, 1.82) is 0 Å². The lowest BCUT2D eigenvalue weighted by Gasteiger charge is -2.32. The maximum atomic E-state index is 14.2. The van der Waals surface area contributed by atoms with E-state index < -0.39 is 5.69 Å². The molecule has 0 spiro atoms. The molecule has 1 atom stereocenters. The fourth-order valence-corrected chi connectivity index (χ4v) is 6.12. The molecule has 4 aromatic rings. The second-order valence-corrected chi connectivity index (χ2v) is 11.3. The van der Waals surface area contributed by atoms with E-state index in [1.807, 2.05) is 28.8 Å². The summed E-state index contributed by atoms with van der Waals surface area (Å²) < 4.78 is 4.85. The summed E-state index contributed by atoms with van der Waals surface area (Å²) in [5.41, 5.74) is 9.32. The quantitative estimate of drug-likeness (QED) is 0.384. The van der Waals surface area contributed by atoms with Crippen molar-refractivity contribution in [2.24, 2.45) is 12.8 Å². The van der Waals surface area contributed by atoms with Crippen LogP contribution in [-0.4, -0.2) is 47.8 Å². The third-order valence-corrected chi connectivity index (χ3v) is 8.40. The first-order valence-electron chi connectivity index (χ1n) is 14.1. The molecule has 0 amide bonds. The van der Waals surface area contributed by atoms with E-state index in [0.717, 1.165) is 74.2 Å².